The fourth-order valence-electron chi connectivity index (χ4n) is 3.83. The summed E-state index contributed by atoms with van der Waals surface area (Å²) < 4.78 is 19.4. The van der Waals surface area contributed by atoms with E-state index in [1.54, 1.807) is 17.9 Å². The molecule has 148 valence electrons. The Balaban J connectivity index is 1.60. The SMILES string of the molecule is CCOc1c(F)cccc1C(=O)N1CCCC(CNC(=O)C2CCCN2)C1. The Morgan fingerprint density at radius 1 is 1.33 bits per heavy atom. The Kier molecular flexibility index (Phi) is 6.66. The first-order chi connectivity index (χ1) is 13.1. The molecule has 27 heavy (non-hydrogen) atoms. The van der Waals surface area contributed by atoms with Crippen LogP contribution in [0.15, 0.2) is 18.2 Å². The summed E-state index contributed by atoms with van der Waals surface area (Å²) in [5.74, 6) is -0.469. The Bertz CT molecular complexity index is 676. The maximum Gasteiger partial charge on any atom is 0.257 e. The molecule has 2 aliphatic heterocycles. The number of nitrogens with zero attached hydrogens (tertiary/aromatic N) is 1. The van der Waals surface area contributed by atoms with Crippen LogP contribution in [0.4, 0.5) is 4.39 Å². The maximum absolute atomic E-state index is 14.0. The van der Waals surface area contributed by atoms with E-state index in [9.17, 15) is 14.0 Å². The van der Waals surface area contributed by atoms with Crippen molar-refractivity contribution in [1.82, 2.24) is 15.5 Å². The number of halogens is 1. The topological polar surface area (TPSA) is 70.7 Å². The van der Waals surface area contributed by atoms with Crippen LogP contribution in [0.3, 0.4) is 0 Å². The molecule has 0 radical (unpaired) electrons. The quantitative estimate of drug-likeness (QED) is 0.795. The summed E-state index contributed by atoms with van der Waals surface area (Å²) >= 11 is 0. The van der Waals surface area contributed by atoms with Gasteiger partial charge in [0.05, 0.1) is 18.2 Å². The molecule has 2 saturated heterocycles. The number of benzene rings is 1. The lowest BCUT2D eigenvalue weighted by atomic mass is 9.97. The number of ether oxygens (including phenoxy) is 1. The molecule has 2 unspecified atom stereocenters. The van der Waals surface area contributed by atoms with E-state index in [0.717, 1.165) is 32.2 Å². The number of likely N-dealkylation sites (tertiary alicyclic amines) is 1. The van der Waals surface area contributed by atoms with Crippen molar-refractivity contribution in [1.29, 1.82) is 0 Å². The molecule has 0 saturated carbocycles. The van der Waals surface area contributed by atoms with Crippen molar-refractivity contribution in [2.24, 2.45) is 5.92 Å². The van der Waals surface area contributed by atoms with Gasteiger partial charge in [0.2, 0.25) is 5.91 Å². The molecule has 0 bridgehead atoms. The number of hydrogen-bond acceptors (Lipinski definition) is 4. The van der Waals surface area contributed by atoms with Gasteiger partial charge in [-0.2, -0.15) is 0 Å². The first-order valence-corrected chi connectivity index (χ1v) is 9.81. The fraction of sp³-hybridized carbons (Fsp3) is 0.600. The third kappa shape index (κ3) is 4.77. The van der Waals surface area contributed by atoms with Gasteiger partial charge in [-0.3, -0.25) is 9.59 Å². The normalized spacial score (nSPS) is 22.5. The van der Waals surface area contributed by atoms with Gasteiger partial charge in [-0.25, -0.2) is 4.39 Å². The third-order valence-electron chi connectivity index (χ3n) is 5.23. The summed E-state index contributed by atoms with van der Waals surface area (Å²) in [5, 5.41) is 6.20. The number of para-hydroxylation sites is 1. The summed E-state index contributed by atoms with van der Waals surface area (Å²) in [6.07, 6.45) is 3.73. The summed E-state index contributed by atoms with van der Waals surface area (Å²) in [7, 11) is 0. The van der Waals surface area contributed by atoms with Crippen LogP contribution in [-0.2, 0) is 4.79 Å². The van der Waals surface area contributed by atoms with Crippen molar-refractivity contribution in [3.05, 3.63) is 29.6 Å². The molecule has 2 N–H and O–H groups in total. The van der Waals surface area contributed by atoms with Crippen LogP contribution in [0.5, 0.6) is 5.75 Å². The highest BCUT2D eigenvalue weighted by Crippen LogP contribution is 2.26. The number of carbonyl (C=O) groups is 2. The standard InChI is InChI=1S/C20H28FN3O3/c1-2-27-18-15(7-3-8-16(18)21)20(26)24-11-5-6-14(13-24)12-23-19(25)17-9-4-10-22-17/h3,7-8,14,17,22H,2,4-6,9-13H2,1H3,(H,23,25). The zero-order valence-electron chi connectivity index (χ0n) is 15.8. The largest absolute Gasteiger partial charge is 0.490 e. The molecule has 1 aromatic carbocycles. The van der Waals surface area contributed by atoms with Gasteiger partial charge in [-0.15, -0.1) is 0 Å². The van der Waals surface area contributed by atoms with Crippen molar-refractivity contribution in [3.63, 3.8) is 0 Å². The van der Waals surface area contributed by atoms with E-state index in [1.807, 2.05) is 0 Å². The van der Waals surface area contributed by atoms with Gasteiger partial charge in [0.25, 0.3) is 5.91 Å². The first-order valence-electron chi connectivity index (χ1n) is 9.81. The van der Waals surface area contributed by atoms with Gasteiger partial charge in [-0.05, 0) is 57.2 Å². The highest BCUT2D eigenvalue weighted by molar-refractivity contribution is 5.97. The van der Waals surface area contributed by atoms with Crippen LogP contribution >= 0.6 is 0 Å². The van der Waals surface area contributed by atoms with Crippen molar-refractivity contribution < 1.29 is 18.7 Å². The van der Waals surface area contributed by atoms with Crippen LogP contribution in [0.1, 0.15) is 43.0 Å². The molecule has 6 nitrogen and oxygen atoms in total. The summed E-state index contributed by atoms with van der Waals surface area (Å²) in [4.78, 5) is 26.8. The predicted octanol–water partition coefficient (Wildman–Crippen LogP) is 1.94. The number of nitrogens with one attached hydrogen (secondary N) is 2. The van der Waals surface area contributed by atoms with Crippen LogP contribution in [0.2, 0.25) is 0 Å². The van der Waals surface area contributed by atoms with Gasteiger partial charge in [0, 0.05) is 19.6 Å². The summed E-state index contributed by atoms with van der Waals surface area (Å²) in [6.45, 7) is 4.70. The Morgan fingerprint density at radius 2 is 2.19 bits per heavy atom. The molecular weight excluding hydrogens is 349 g/mol. The van der Waals surface area contributed by atoms with Crippen LogP contribution in [0, 0.1) is 11.7 Å². The molecule has 2 aliphatic rings. The van der Waals surface area contributed by atoms with Gasteiger partial charge in [0.1, 0.15) is 0 Å². The van der Waals surface area contributed by atoms with E-state index in [-0.39, 0.29) is 35.1 Å². The van der Waals surface area contributed by atoms with Gasteiger partial charge >= 0.3 is 0 Å². The van der Waals surface area contributed by atoms with E-state index >= 15 is 0 Å². The smallest absolute Gasteiger partial charge is 0.257 e. The number of amides is 2. The molecule has 2 atom stereocenters. The van der Waals surface area contributed by atoms with Crippen LogP contribution < -0.4 is 15.4 Å². The van der Waals surface area contributed by atoms with E-state index < -0.39 is 5.82 Å². The molecule has 2 heterocycles. The van der Waals surface area contributed by atoms with Crippen LogP contribution in [-0.4, -0.2) is 55.5 Å². The fourth-order valence-corrected chi connectivity index (χ4v) is 3.83. The lowest BCUT2D eigenvalue weighted by Crippen LogP contribution is -2.46. The predicted molar refractivity (Wildman–Crippen MR) is 100 cm³/mol. The Hall–Kier alpha value is -2.15. The minimum atomic E-state index is -0.521. The molecule has 0 spiro atoms. The van der Waals surface area contributed by atoms with Crippen molar-refractivity contribution in [2.75, 3.05) is 32.8 Å². The molecule has 2 amide bonds. The number of hydrogen-bond donors (Lipinski definition) is 2. The molecular formula is C20H28FN3O3. The average Bonchev–Trinajstić information content (AvgIpc) is 3.22. The molecule has 0 aromatic heterocycles. The lowest BCUT2D eigenvalue weighted by molar-refractivity contribution is -0.123. The second-order valence-corrected chi connectivity index (χ2v) is 7.20. The minimum Gasteiger partial charge on any atom is -0.490 e. The third-order valence-corrected chi connectivity index (χ3v) is 5.23. The Labute approximate surface area is 159 Å². The zero-order valence-corrected chi connectivity index (χ0v) is 15.8. The van der Waals surface area contributed by atoms with Crippen LogP contribution in [0.25, 0.3) is 0 Å². The molecule has 3 rings (SSSR count). The molecule has 0 aliphatic carbocycles. The van der Waals surface area contributed by atoms with E-state index in [2.05, 4.69) is 10.6 Å². The molecule has 2 fully saturated rings. The van der Waals surface area contributed by atoms with E-state index in [4.69, 9.17) is 4.74 Å². The van der Waals surface area contributed by atoms with Gasteiger partial charge in [0.15, 0.2) is 11.6 Å². The molecule has 1 aromatic rings. The lowest BCUT2D eigenvalue weighted by Gasteiger charge is -2.33. The number of piperidine rings is 1. The summed E-state index contributed by atoms with van der Waals surface area (Å²) in [5.41, 5.74) is 0.261. The molecule has 7 heteroatoms. The van der Waals surface area contributed by atoms with Crippen molar-refractivity contribution in [3.8, 4) is 5.75 Å². The van der Waals surface area contributed by atoms with E-state index in [1.165, 1.54) is 12.1 Å². The Morgan fingerprint density at radius 3 is 2.93 bits per heavy atom. The summed E-state index contributed by atoms with van der Waals surface area (Å²) in [6, 6.07) is 4.34. The minimum absolute atomic E-state index is 0.0211. The highest BCUT2D eigenvalue weighted by Gasteiger charge is 2.28. The second kappa shape index (κ2) is 9.17. The number of rotatable bonds is 6. The van der Waals surface area contributed by atoms with Crippen molar-refractivity contribution >= 4 is 11.8 Å². The maximum atomic E-state index is 14.0. The zero-order chi connectivity index (χ0) is 19.2. The monoisotopic (exact) mass is 377 g/mol. The van der Waals surface area contributed by atoms with E-state index in [0.29, 0.717) is 26.2 Å². The first kappa shape index (κ1) is 19.6. The van der Waals surface area contributed by atoms with Gasteiger partial charge in [-0.1, -0.05) is 6.07 Å². The highest BCUT2D eigenvalue weighted by atomic mass is 19.1. The second-order valence-electron chi connectivity index (χ2n) is 7.20. The number of carbonyl (C=O) groups excluding carboxylic acids is 2. The van der Waals surface area contributed by atoms with Gasteiger partial charge < -0.3 is 20.3 Å². The van der Waals surface area contributed by atoms with Crippen molar-refractivity contribution in [2.45, 2.75) is 38.6 Å². The average molecular weight is 377 g/mol.